The van der Waals surface area contributed by atoms with Crippen LogP contribution in [0.3, 0.4) is 0 Å². The van der Waals surface area contributed by atoms with Crippen molar-refractivity contribution < 1.29 is 10.2 Å². The fraction of sp³-hybridized carbons (Fsp3) is 0.667. The Morgan fingerprint density at radius 3 is 2.73 bits per heavy atom. The average molecular weight is 355 g/mol. The van der Waals surface area contributed by atoms with Gasteiger partial charge in [0.05, 0.1) is 6.10 Å². The molecule has 0 bridgehead atoms. The third kappa shape index (κ3) is 2.81. The lowest BCUT2D eigenvalue weighted by Crippen LogP contribution is -2.39. The van der Waals surface area contributed by atoms with Crippen molar-refractivity contribution in [2.24, 2.45) is 11.3 Å². The summed E-state index contributed by atoms with van der Waals surface area (Å²) in [6, 6.07) is 5.98. The Morgan fingerprint density at radius 2 is 1.96 bits per heavy atom. The summed E-state index contributed by atoms with van der Waals surface area (Å²) in [6.07, 6.45) is 10.0. The second-order valence-electron chi connectivity index (χ2n) is 9.76. The molecule has 0 spiro atoms. The van der Waals surface area contributed by atoms with Crippen molar-refractivity contribution in [3.8, 4) is 5.75 Å². The fourth-order valence-corrected chi connectivity index (χ4v) is 6.30. The molecule has 0 radical (unpaired) electrons. The Kier molecular flexibility index (Phi) is 4.46. The highest BCUT2D eigenvalue weighted by Gasteiger charge is 2.51. The topological polar surface area (TPSA) is 40.5 Å². The summed E-state index contributed by atoms with van der Waals surface area (Å²) >= 11 is 0. The van der Waals surface area contributed by atoms with Crippen molar-refractivity contribution in [3.63, 3.8) is 0 Å². The predicted octanol–water partition coefficient (Wildman–Crippen LogP) is 5.65. The van der Waals surface area contributed by atoms with Gasteiger partial charge in [-0.2, -0.15) is 0 Å². The molecule has 1 saturated carbocycles. The highest BCUT2D eigenvalue weighted by Crippen LogP contribution is 2.61. The number of aliphatic hydroxyl groups is 1. The SMILES string of the molecule is CC(C)CCC[C@]12CC[C@]3(C)C(=C1C[C@@H](O)C2)CCc1cc(O)ccc13. The highest BCUT2D eigenvalue weighted by molar-refractivity contribution is 5.52. The first-order chi connectivity index (χ1) is 12.3. The maximum Gasteiger partial charge on any atom is 0.115 e. The first-order valence-corrected chi connectivity index (χ1v) is 10.6. The van der Waals surface area contributed by atoms with E-state index in [9.17, 15) is 10.2 Å². The zero-order valence-corrected chi connectivity index (χ0v) is 16.6. The van der Waals surface area contributed by atoms with Crippen LogP contribution in [-0.2, 0) is 11.8 Å². The molecule has 142 valence electrons. The van der Waals surface area contributed by atoms with Crippen LogP contribution in [0.25, 0.3) is 0 Å². The van der Waals surface area contributed by atoms with E-state index >= 15 is 0 Å². The molecule has 2 heteroatoms. The van der Waals surface area contributed by atoms with Gasteiger partial charge in [-0.3, -0.25) is 0 Å². The molecule has 26 heavy (non-hydrogen) atoms. The molecule has 0 aromatic heterocycles. The molecule has 3 atom stereocenters. The molecule has 0 aliphatic heterocycles. The van der Waals surface area contributed by atoms with E-state index in [0.717, 1.165) is 31.6 Å². The van der Waals surface area contributed by atoms with E-state index in [1.807, 2.05) is 12.1 Å². The van der Waals surface area contributed by atoms with Crippen LogP contribution in [0.1, 0.15) is 83.3 Å². The second-order valence-corrected chi connectivity index (χ2v) is 9.76. The Morgan fingerprint density at radius 1 is 1.15 bits per heavy atom. The number of benzene rings is 1. The maximum absolute atomic E-state index is 10.6. The van der Waals surface area contributed by atoms with Crippen molar-refractivity contribution >= 4 is 0 Å². The standard InChI is InChI=1S/C24H34O2/c1-16(2)5-4-10-24-12-11-23(3)20-9-7-18(25)13-17(20)6-8-21(23)22(24)14-19(26)15-24/h7,9,13,16,19,25-26H,4-6,8,10-12,14-15H2,1-3H3/t19-,23+,24-/m1/s1. The lowest BCUT2D eigenvalue weighted by Gasteiger charge is -2.49. The first-order valence-electron chi connectivity index (χ1n) is 10.6. The van der Waals surface area contributed by atoms with Gasteiger partial charge in [0, 0.05) is 5.41 Å². The quantitative estimate of drug-likeness (QED) is 0.686. The van der Waals surface area contributed by atoms with Crippen LogP contribution in [0, 0.1) is 11.3 Å². The van der Waals surface area contributed by atoms with Crippen molar-refractivity contribution in [2.75, 3.05) is 0 Å². The van der Waals surface area contributed by atoms with Crippen LogP contribution in [0.15, 0.2) is 29.3 Å². The fourth-order valence-electron chi connectivity index (χ4n) is 6.30. The molecule has 2 N–H and O–H groups in total. The Labute approximate surface area is 158 Å². The third-order valence-corrected chi connectivity index (χ3v) is 7.60. The van der Waals surface area contributed by atoms with Gasteiger partial charge in [-0.15, -0.1) is 0 Å². The van der Waals surface area contributed by atoms with E-state index in [1.165, 1.54) is 43.2 Å². The van der Waals surface area contributed by atoms with E-state index in [1.54, 1.807) is 11.1 Å². The Hall–Kier alpha value is -1.28. The molecule has 3 aliphatic rings. The molecular weight excluding hydrogens is 320 g/mol. The van der Waals surface area contributed by atoms with E-state index in [-0.39, 0.29) is 16.9 Å². The first kappa shape index (κ1) is 18.1. The summed E-state index contributed by atoms with van der Waals surface area (Å²) < 4.78 is 0. The van der Waals surface area contributed by atoms with Gasteiger partial charge in [0.15, 0.2) is 0 Å². The number of fused-ring (bicyclic) bond motifs is 4. The number of hydrogen-bond donors (Lipinski definition) is 2. The largest absolute Gasteiger partial charge is 0.508 e. The molecule has 0 amide bonds. The molecule has 1 fully saturated rings. The molecule has 2 nitrogen and oxygen atoms in total. The maximum atomic E-state index is 10.6. The monoisotopic (exact) mass is 354 g/mol. The van der Waals surface area contributed by atoms with Gasteiger partial charge in [-0.05, 0) is 79.5 Å². The molecule has 3 aliphatic carbocycles. The molecule has 0 saturated heterocycles. The molecule has 1 aromatic rings. The van der Waals surface area contributed by atoms with Crippen molar-refractivity contribution in [3.05, 3.63) is 40.5 Å². The number of aromatic hydroxyl groups is 1. The summed E-state index contributed by atoms with van der Waals surface area (Å²) in [6.45, 7) is 7.03. The third-order valence-electron chi connectivity index (χ3n) is 7.60. The van der Waals surface area contributed by atoms with Crippen LogP contribution in [0.4, 0.5) is 0 Å². The molecule has 1 aromatic carbocycles. The molecule has 0 unspecified atom stereocenters. The van der Waals surface area contributed by atoms with Crippen molar-refractivity contribution in [2.45, 2.75) is 90.1 Å². The number of allylic oxidation sites excluding steroid dienone is 1. The van der Waals surface area contributed by atoms with Gasteiger partial charge in [0.25, 0.3) is 0 Å². The smallest absolute Gasteiger partial charge is 0.115 e. The Balaban J connectivity index is 1.73. The summed E-state index contributed by atoms with van der Waals surface area (Å²) in [5, 5.41) is 20.5. The zero-order chi connectivity index (χ0) is 18.5. The number of phenols is 1. The highest BCUT2D eigenvalue weighted by atomic mass is 16.3. The lowest BCUT2D eigenvalue weighted by atomic mass is 9.55. The summed E-state index contributed by atoms with van der Waals surface area (Å²) in [5.41, 5.74) is 6.34. The summed E-state index contributed by atoms with van der Waals surface area (Å²) in [5.74, 6) is 1.15. The predicted molar refractivity (Wildman–Crippen MR) is 106 cm³/mol. The van der Waals surface area contributed by atoms with Crippen LogP contribution in [-0.4, -0.2) is 16.3 Å². The minimum absolute atomic E-state index is 0.0994. The zero-order valence-electron chi connectivity index (χ0n) is 16.6. The average Bonchev–Trinajstić information content (AvgIpc) is 2.90. The van der Waals surface area contributed by atoms with Gasteiger partial charge in [0.2, 0.25) is 0 Å². The van der Waals surface area contributed by atoms with Crippen LogP contribution in [0.2, 0.25) is 0 Å². The number of phenolic OH excluding ortho intramolecular Hbond substituents is 1. The summed E-state index contributed by atoms with van der Waals surface area (Å²) in [4.78, 5) is 0. The number of aryl methyl sites for hydroxylation is 1. The van der Waals surface area contributed by atoms with Gasteiger partial charge in [-0.25, -0.2) is 0 Å². The number of aliphatic hydroxyl groups excluding tert-OH is 1. The molecular formula is C24H34O2. The van der Waals surface area contributed by atoms with Gasteiger partial charge >= 0.3 is 0 Å². The second kappa shape index (κ2) is 6.41. The number of hydrogen-bond acceptors (Lipinski definition) is 2. The van der Waals surface area contributed by atoms with Gasteiger partial charge in [-0.1, -0.05) is 50.8 Å². The van der Waals surface area contributed by atoms with E-state index in [4.69, 9.17) is 0 Å². The van der Waals surface area contributed by atoms with Gasteiger partial charge < -0.3 is 10.2 Å². The van der Waals surface area contributed by atoms with Crippen LogP contribution < -0.4 is 0 Å². The lowest BCUT2D eigenvalue weighted by molar-refractivity contribution is 0.142. The minimum atomic E-state index is -0.153. The van der Waals surface area contributed by atoms with E-state index in [0.29, 0.717) is 5.75 Å². The van der Waals surface area contributed by atoms with Crippen LogP contribution >= 0.6 is 0 Å². The van der Waals surface area contributed by atoms with Crippen molar-refractivity contribution in [1.29, 1.82) is 0 Å². The molecule has 0 heterocycles. The van der Waals surface area contributed by atoms with Crippen molar-refractivity contribution in [1.82, 2.24) is 0 Å². The van der Waals surface area contributed by atoms with Gasteiger partial charge in [0.1, 0.15) is 5.75 Å². The normalized spacial score (nSPS) is 33.2. The Bertz CT molecular complexity index is 732. The van der Waals surface area contributed by atoms with E-state index in [2.05, 4.69) is 26.8 Å². The number of rotatable bonds is 4. The minimum Gasteiger partial charge on any atom is -0.508 e. The van der Waals surface area contributed by atoms with Crippen LogP contribution in [0.5, 0.6) is 5.75 Å². The van der Waals surface area contributed by atoms with E-state index < -0.39 is 0 Å². The summed E-state index contributed by atoms with van der Waals surface area (Å²) in [7, 11) is 0. The molecule has 4 rings (SSSR count).